The van der Waals surface area contributed by atoms with E-state index in [0.717, 1.165) is 24.8 Å². The van der Waals surface area contributed by atoms with Crippen LogP contribution in [0.25, 0.3) is 11.4 Å². The molecule has 0 bridgehead atoms. The Kier molecular flexibility index (Phi) is 3.76. The molecule has 0 aliphatic heterocycles. The van der Waals surface area contributed by atoms with Crippen LogP contribution in [0.1, 0.15) is 36.3 Å². The molecule has 106 valence electrons. The van der Waals surface area contributed by atoms with E-state index in [1.165, 1.54) is 18.4 Å². The van der Waals surface area contributed by atoms with Gasteiger partial charge in [0.1, 0.15) is 5.75 Å². The molecule has 6 heteroatoms. The summed E-state index contributed by atoms with van der Waals surface area (Å²) < 4.78 is 5.75. The molecule has 0 fully saturated rings. The lowest BCUT2D eigenvalue weighted by Gasteiger charge is -2.13. The molecule has 0 unspecified atom stereocenters. The number of aryl methyl sites for hydroxylation is 1. The van der Waals surface area contributed by atoms with Crippen molar-refractivity contribution < 1.29 is 9.63 Å². The first-order chi connectivity index (χ1) is 9.70. The zero-order valence-corrected chi connectivity index (χ0v) is 12.6. The first-order valence-electron chi connectivity index (χ1n) is 6.77. The van der Waals surface area contributed by atoms with Crippen LogP contribution >= 0.6 is 15.9 Å². The van der Waals surface area contributed by atoms with E-state index >= 15 is 0 Å². The number of nitrogens with zero attached hydrogens (tertiary/aromatic N) is 2. The van der Waals surface area contributed by atoms with Crippen molar-refractivity contribution in [1.29, 1.82) is 0 Å². The van der Waals surface area contributed by atoms with Gasteiger partial charge in [-0.25, -0.2) is 0 Å². The van der Waals surface area contributed by atoms with Crippen LogP contribution < -0.4 is 5.73 Å². The fourth-order valence-electron chi connectivity index (χ4n) is 2.71. The van der Waals surface area contributed by atoms with E-state index < -0.39 is 0 Å². The first kappa shape index (κ1) is 13.6. The van der Waals surface area contributed by atoms with Crippen LogP contribution in [0.4, 0.5) is 0 Å². The minimum atomic E-state index is 0.176. The molecule has 1 aromatic heterocycles. The Balaban J connectivity index is 2.19. The maximum Gasteiger partial charge on any atom is 0.240 e. The zero-order valence-electron chi connectivity index (χ0n) is 11.0. The molecule has 0 spiro atoms. The van der Waals surface area contributed by atoms with E-state index in [9.17, 15) is 5.11 Å². The van der Waals surface area contributed by atoms with E-state index in [-0.39, 0.29) is 12.3 Å². The van der Waals surface area contributed by atoms with Gasteiger partial charge in [0.2, 0.25) is 11.7 Å². The van der Waals surface area contributed by atoms with Crippen molar-refractivity contribution >= 4 is 15.9 Å². The van der Waals surface area contributed by atoms with Gasteiger partial charge in [0.05, 0.1) is 16.6 Å². The van der Waals surface area contributed by atoms with E-state index in [0.29, 0.717) is 21.8 Å². The lowest BCUT2D eigenvalue weighted by atomic mass is 9.96. The average molecular weight is 338 g/mol. The smallest absolute Gasteiger partial charge is 0.240 e. The summed E-state index contributed by atoms with van der Waals surface area (Å²) in [4.78, 5) is 4.26. The maximum atomic E-state index is 10.4. The number of nitrogens with two attached hydrogens (primary N) is 1. The predicted octanol–water partition coefficient (Wildman–Crippen LogP) is 2.93. The molecule has 0 saturated carbocycles. The highest BCUT2D eigenvalue weighted by Gasteiger charge is 2.22. The summed E-state index contributed by atoms with van der Waals surface area (Å²) in [5.74, 6) is 0.971. The van der Waals surface area contributed by atoms with Gasteiger partial charge in [0, 0.05) is 0 Å². The molecule has 5 nitrogen and oxygen atoms in total. The van der Waals surface area contributed by atoms with Gasteiger partial charge in [-0.3, -0.25) is 0 Å². The Labute approximate surface area is 125 Å². The molecule has 0 amide bonds. The van der Waals surface area contributed by atoms with Crippen molar-refractivity contribution in [3.8, 4) is 17.1 Å². The number of aromatic nitrogens is 2. The Morgan fingerprint density at radius 1 is 1.30 bits per heavy atom. The third kappa shape index (κ3) is 2.33. The molecule has 0 saturated heterocycles. The minimum absolute atomic E-state index is 0.176. The number of rotatable bonds is 2. The van der Waals surface area contributed by atoms with E-state index in [1.807, 2.05) is 6.07 Å². The van der Waals surface area contributed by atoms with Gasteiger partial charge in [0.15, 0.2) is 0 Å². The van der Waals surface area contributed by atoms with Crippen LogP contribution in [0.2, 0.25) is 0 Å². The molecule has 1 aliphatic rings. The van der Waals surface area contributed by atoms with E-state index in [4.69, 9.17) is 10.3 Å². The highest BCUT2D eigenvalue weighted by molar-refractivity contribution is 9.10. The fourth-order valence-corrected chi connectivity index (χ4v) is 3.19. The molecular weight excluding hydrogens is 322 g/mol. The van der Waals surface area contributed by atoms with Crippen molar-refractivity contribution in [1.82, 2.24) is 10.1 Å². The topological polar surface area (TPSA) is 85.2 Å². The minimum Gasteiger partial charge on any atom is -0.506 e. The monoisotopic (exact) mass is 337 g/mol. The second kappa shape index (κ2) is 5.54. The van der Waals surface area contributed by atoms with Gasteiger partial charge in [-0.05, 0) is 58.8 Å². The average Bonchev–Trinajstić information content (AvgIpc) is 2.80. The number of fused-ring (bicyclic) bond motifs is 1. The number of halogens is 1. The van der Waals surface area contributed by atoms with Gasteiger partial charge in [-0.1, -0.05) is 11.6 Å². The summed E-state index contributed by atoms with van der Waals surface area (Å²) in [5, 5.41) is 14.3. The predicted molar refractivity (Wildman–Crippen MR) is 78.2 cm³/mol. The second-order valence-electron chi connectivity index (χ2n) is 5.00. The number of benzene rings is 1. The van der Waals surface area contributed by atoms with Crippen molar-refractivity contribution in [3.63, 3.8) is 0 Å². The third-order valence-corrected chi connectivity index (χ3v) is 4.30. The Morgan fingerprint density at radius 2 is 2.10 bits per heavy atom. The first-order valence-corrected chi connectivity index (χ1v) is 7.56. The molecule has 0 atom stereocenters. The van der Waals surface area contributed by atoms with Crippen molar-refractivity contribution in [2.45, 2.75) is 38.6 Å². The summed E-state index contributed by atoms with van der Waals surface area (Å²) in [6.07, 6.45) is 5.43. The highest BCUT2D eigenvalue weighted by atomic mass is 79.9. The summed E-state index contributed by atoms with van der Waals surface area (Å²) >= 11 is 3.41. The van der Waals surface area contributed by atoms with Gasteiger partial charge in [0.25, 0.3) is 0 Å². The van der Waals surface area contributed by atoms with Crippen LogP contribution in [0, 0.1) is 0 Å². The van der Waals surface area contributed by atoms with Crippen molar-refractivity contribution in [2.24, 2.45) is 5.73 Å². The van der Waals surface area contributed by atoms with E-state index in [1.54, 1.807) is 0 Å². The largest absolute Gasteiger partial charge is 0.506 e. The number of phenolic OH excluding ortho intramolecular Hbond substituents is 1. The van der Waals surface area contributed by atoms with Gasteiger partial charge in [-0.15, -0.1) is 0 Å². The van der Waals surface area contributed by atoms with E-state index in [2.05, 4.69) is 26.1 Å². The van der Waals surface area contributed by atoms with Crippen LogP contribution in [0.15, 0.2) is 15.1 Å². The summed E-state index contributed by atoms with van der Waals surface area (Å²) in [5.41, 5.74) is 8.57. The molecule has 2 aromatic rings. The molecule has 20 heavy (non-hydrogen) atoms. The number of phenols is 1. The fraction of sp³-hybridized carbons (Fsp3) is 0.429. The molecule has 0 radical (unpaired) electrons. The quantitative estimate of drug-likeness (QED) is 0.823. The Bertz CT molecular complexity index is 640. The maximum absolute atomic E-state index is 10.4. The number of hydrogen-bond acceptors (Lipinski definition) is 5. The molecular formula is C14H16BrN3O2. The normalized spacial score (nSPS) is 14.9. The molecule has 1 aliphatic carbocycles. The van der Waals surface area contributed by atoms with Crippen LogP contribution in [-0.4, -0.2) is 15.2 Å². The third-order valence-electron chi connectivity index (χ3n) is 3.69. The lowest BCUT2D eigenvalue weighted by molar-refractivity contribution is 0.380. The highest BCUT2D eigenvalue weighted by Crippen LogP contribution is 2.41. The molecule has 3 rings (SSSR count). The summed E-state index contributed by atoms with van der Waals surface area (Å²) in [6.45, 7) is 0.198. The van der Waals surface area contributed by atoms with Crippen molar-refractivity contribution in [2.75, 3.05) is 0 Å². The van der Waals surface area contributed by atoms with Gasteiger partial charge >= 0.3 is 0 Å². The van der Waals surface area contributed by atoms with Crippen LogP contribution in [0.3, 0.4) is 0 Å². The van der Waals surface area contributed by atoms with Crippen molar-refractivity contribution in [3.05, 3.63) is 27.6 Å². The van der Waals surface area contributed by atoms with Crippen LogP contribution in [0.5, 0.6) is 5.75 Å². The molecule has 1 aromatic carbocycles. The number of hydrogen-bond donors (Lipinski definition) is 2. The lowest BCUT2D eigenvalue weighted by Crippen LogP contribution is -1.99. The van der Waals surface area contributed by atoms with Crippen LogP contribution in [-0.2, 0) is 19.4 Å². The Hall–Kier alpha value is -1.40. The Morgan fingerprint density at radius 3 is 2.85 bits per heavy atom. The molecule has 1 heterocycles. The van der Waals surface area contributed by atoms with Gasteiger partial charge in [-0.2, -0.15) is 4.98 Å². The summed E-state index contributed by atoms with van der Waals surface area (Å²) in [6, 6.07) is 2.00. The van der Waals surface area contributed by atoms with Gasteiger partial charge < -0.3 is 15.4 Å². The standard InChI is InChI=1S/C14H16BrN3O2/c15-10-6-8-4-2-1-3-5-9(8)12(13(10)19)14-17-11(7-16)20-18-14/h6,19H,1-5,7,16H2. The second-order valence-corrected chi connectivity index (χ2v) is 5.85. The SMILES string of the molecule is NCc1nc(-c2c(O)c(Br)cc3c2CCCCC3)no1. The summed E-state index contributed by atoms with van der Waals surface area (Å²) in [7, 11) is 0. The molecule has 3 N–H and O–H groups in total. The zero-order chi connectivity index (χ0) is 14.1. The number of aromatic hydroxyl groups is 1.